The van der Waals surface area contributed by atoms with Gasteiger partial charge in [-0.15, -0.1) is 0 Å². The molecule has 0 radical (unpaired) electrons. The van der Waals surface area contributed by atoms with E-state index >= 15 is 13.2 Å². The fourth-order valence-electron chi connectivity index (χ4n) is 13.4. The highest BCUT2D eigenvalue weighted by Gasteiger charge is 2.36. The van der Waals surface area contributed by atoms with Gasteiger partial charge >= 0.3 is 24.7 Å². The summed E-state index contributed by atoms with van der Waals surface area (Å²) in [7, 11) is 0. The third-order valence-electron chi connectivity index (χ3n) is 17.9. The molecule has 474 valence electrons. The average molecular weight is 1300 g/mol. The molecule has 0 N–H and O–H groups in total. The molecule has 0 amide bonds. The van der Waals surface area contributed by atoms with E-state index < -0.39 is 47.0 Å². The molecule has 3 heterocycles. The topological polar surface area (TPSA) is 46.5 Å². The number of halogens is 12. The van der Waals surface area contributed by atoms with E-state index in [4.69, 9.17) is 4.98 Å². The van der Waals surface area contributed by atoms with Crippen molar-refractivity contribution in [3.05, 3.63) is 281 Å². The van der Waals surface area contributed by atoms with Crippen LogP contribution in [0.5, 0.6) is 0 Å². The van der Waals surface area contributed by atoms with Gasteiger partial charge in [-0.2, -0.15) is 57.9 Å². The van der Waals surface area contributed by atoms with Crippen LogP contribution in [-0.2, 0) is 24.7 Å². The number of hydrogen-bond acceptors (Lipinski definition) is 2. The van der Waals surface area contributed by atoms with E-state index in [-0.39, 0.29) is 16.7 Å². The van der Waals surface area contributed by atoms with E-state index in [2.05, 4.69) is 6.07 Å². The molecule has 14 rings (SSSR count). The molecule has 0 aliphatic heterocycles. The first-order valence-corrected chi connectivity index (χ1v) is 30.3. The van der Waals surface area contributed by atoms with Crippen molar-refractivity contribution in [2.45, 2.75) is 52.4 Å². The zero-order chi connectivity index (χ0) is 67.5. The zero-order valence-corrected chi connectivity index (χ0v) is 51.3. The molecule has 0 aliphatic rings. The first-order valence-electron chi connectivity index (χ1n) is 30.3. The lowest BCUT2D eigenvalue weighted by Gasteiger charge is -2.22. The molecule has 4 nitrogen and oxygen atoms in total. The molecule has 0 spiro atoms. The molecular formula is C80H50F12N4. The number of aryl methyl sites for hydroxylation is 4. The summed E-state index contributed by atoms with van der Waals surface area (Å²) in [6.45, 7) is 6.30. The number of aromatic nitrogens is 3. The Hall–Kier alpha value is -11.2. The van der Waals surface area contributed by atoms with Crippen molar-refractivity contribution in [3.8, 4) is 95.6 Å². The molecule has 0 unspecified atom stereocenters. The maximum atomic E-state index is 15.1. The summed E-state index contributed by atoms with van der Waals surface area (Å²) < 4.78 is 177. The van der Waals surface area contributed by atoms with Gasteiger partial charge in [-0.1, -0.05) is 121 Å². The van der Waals surface area contributed by atoms with Crippen molar-refractivity contribution in [2.24, 2.45) is 0 Å². The quantitative estimate of drug-likeness (QED) is 0.135. The number of pyridine rings is 1. The Morgan fingerprint density at radius 2 is 0.667 bits per heavy atom. The van der Waals surface area contributed by atoms with Crippen LogP contribution in [0.4, 0.5) is 52.7 Å². The standard InChI is InChI=1S/C80H50F12N4/c1-44-15-23-62(67(31-44)80(90,91)92)54-19-30-73-66(40-54)65-39-53(61-26-22-58(34-47(61)4)79(87,88)89)18-29-72(65)96(73)75-36-48(43-93)35-74(76(75)55-41-68(49-11-7-5-8-12-49)94-69(42-55)50-13-9-6-10-14-50)95-70-27-16-51(59-24-20-56(32-45(59)2)77(81,82)83)37-63(70)64-38-52(17-28-71(64)95)60-25-21-57(33-46(60)3)78(84,85)86/h5-42H,1-4H3. The van der Waals surface area contributed by atoms with Crippen molar-refractivity contribution in [1.29, 1.82) is 5.26 Å². The SMILES string of the molecule is Cc1ccc(-c2ccc3c(c2)c2cc(-c4ccc(C(F)(F)F)cc4C)ccc2n3-c2cc(C#N)cc(-n3c4ccc(-c5ccc(C(F)(F)F)cc5C)cc4c4cc(-c5ccc(C(F)(F)F)cc5C)ccc43)c2-c2cc(-c3ccccc3)nc(-c3ccccc3)c2)c(C(F)(F)F)c1. The maximum Gasteiger partial charge on any atom is 0.417 e. The summed E-state index contributed by atoms with van der Waals surface area (Å²) in [5.74, 6) is 0. The molecule has 16 heteroatoms. The van der Waals surface area contributed by atoms with Gasteiger partial charge < -0.3 is 9.13 Å². The molecule has 0 atom stereocenters. The molecule has 0 aliphatic carbocycles. The number of hydrogen-bond donors (Lipinski definition) is 0. The van der Waals surface area contributed by atoms with E-state index in [1.54, 1.807) is 94.4 Å². The monoisotopic (exact) mass is 1290 g/mol. The van der Waals surface area contributed by atoms with Crippen molar-refractivity contribution >= 4 is 43.6 Å². The van der Waals surface area contributed by atoms with Crippen LogP contribution in [0, 0.1) is 39.0 Å². The van der Waals surface area contributed by atoms with Crippen LogP contribution in [0.25, 0.3) is 133 Å². The Labute approximate surface area is 541 Å². The number of alkyl halides is 12. The Balaban J connectivity index is 1.13. The lowest BCUT2D eigenvalue weighted by atomic mass is 9.95. The Bertz CT molecular complexity index is 5350. The summed E-state index contributed by atoms with van der Waals surface area (Å²) in [5, 5.41) is 13.6. The largest absolute Gasteiger partial charge is 0.417 e. The molecule has 96 heavy (non-hydrogen) atoms. The molecule has 11 aromatic carbocycles. The molecule has 0 saturated heterocycles. The number of nitriles is 1. The number of fused-ring (bicyclic) bond motifs is 6. The van der Waals surface area contributed by atoms with E-state index in [1.807, 2.05) is 106 Å². The second-order valence-corrected chi connectivity index (χ2v) is 24.1. The normalized spacial score (nSPS) is 12.4. The Morgan fingerprint density at radius 3 is 0.990 bits per heavy atom. The van der Waals surface area contributed by atoms with E-state index in [0.29, 0.717) is 133 Å². The average Bonchev–Trinajstić information content (AvgIpc) is 1.54. The predicted octanol–water partition coefficient (Wildman–Crippen LogP) is 24.1. The smallest absolute Gasteiger partial charge is 0.308 e. The van der Waals surface area contributed by atoms with Crippen molar-refractivity contribution in [2.75, 3.05) is 0 Å². The Kier molecular flexibility index (Phi) is 15.0. The van der Waals surface area contributed by atoms with E-state index in [9.17, 15) is 44.8 Å². The second kappa shape index (κ2) is 23.1. The van der Waals surface area contributed by atoms with Crippen molar-refractivity contribution in [1.82, 2.24) is 14.1 Å². The van der Waals surface area contributed by atoms with Gasteiger partial charge in [-0.05, 0) is 210 Å². The molecule has 3 aromatic heterocycles. The third kappa shape index (κ3) is 11.2. The van der Waals surface area contributed by atoms with Crippen LogP contribution in [0.2, 0.25) is 0 Å². The highest BCUT2D eigenvalue weighted by atomic mass is 19.4. The van der Waals surface area contributed by atoms with Crippen LogP contribution in [-0.4, -0.2) is 14.1 Å². The second-order valence-electron chi connectivity index (χ2n) is 24.1. The molecule has 0 bridgehead atoms. The first kappa shape index (κ1) is 62.3. The van der Waals surface area contributed by atoms with Crippen molar-refractivity contribution < 1.29 is 52.7 Å². The lowest BCUT2D eigenvalue weighted by molar-refractivity contribution is -0.138. The van der Waals surface area contributed by atoms with Gasteiger partial charge in [0.25, 0.3) is 0 Å². The molecular weight excluding hydrogens is 1240 g/mol. The van der Waals surface area contributed by atoms with Gasteiger partial charge in [-0.3, -0.25) is 0 Å². The van der Waals surface area contributed by atoms with Gasteiger partial charge in [0, 0.05) is 38.2 Å². The van der Waals surface area contributed by atoms with E-state index in [1.165, 1.54) is 24.3 Å². The van der Waals surface area contributed by atoms with Crippen LogP contribution in [0.1, 0.15) is 50.1 Å². The number of rotatable bonds is 9. The van der Waals surface area contributed by atoms with Crippen molar-refractivity contribution in [3.63, 3.8) is 0 Å². The summed E-state index contributed by atoms with van der Waals surface area (Å²) in [5.41, 5.74) is 7.84. The zero-order valence-electron chi connectivity index (χ0n) is 51.3. The fourth-order valence-corrected chi connectivity index (χ4v) is 13.4. The highest BCUT2D eigenvalue weighted by molar-refractivity contribution is 6.15. The van der Waals surface area contributed by atoms with Gasteiger partial charge in [-0.25, -0.2) is 4.98 Å². The molecule has 0 saturated carbocycles. The van der Waals surface area contributed by atoms with Gasteiger partial charge in [0.05, 0.1) is 78.7 Å². The minimum absolute atomic E-state index is 0.0987. The summed E-state index contributed by atoms with van der Waals surface area (Å²) in [6, 6.07) is 64.4. The Morgan fingerprint density at radius 1 is 0.323 bits per heavy atom. The molecule has 0 fully saturated rings. The van der Waals surface area contributed by atoms with Crippen LogP contribution in [0.3, 0.4) is 0 Å². The third-order valence-corrected chi connectivity index (χ3v) is 17.9. The number of benzene rings is 11. The van der Waals surface area contributed by atoms with Gasteiger partial charge in [0.15, 0.2) is 0 Å². The van der Waals surface area contributed by atoms with Gasteiger partial charge in [0.1, 0.15) is 0 Å². The summed E-state index contributed by atoms with van der Waals surface area (Å²) in [4.78, 5) is 5.25. The van der Waals surface area contributed by atoms with Crippen LogP contribution >= 0.6 is 0 Å². The first-order chi connectivity index (χ1) is 45.7. The number of nitrogens with zero attached hydrogens (tertiary/aromatic N) is 4. The highest BCUT2D eigenvalue weighted by Crippen LogP contribution is 2.49. The minimum Gasteiger partial charge on any atom is -0.308 e. The van der Waals surface area contributed by atoms with Crippen LogP contribution in [0.15, 0.2) is 231 Å². The minimum atomic E-state index is -4.76. The maximum absolute atomic E-state index is 15.1. The lowest BCUT2D eigenvalue weighted by Crippen LogP contribution is -2.07. The van der Waals surface area contributed by atoms with Crippen LogP contribution < -0.4 is 0 Å². The molecule has 14 aromatic rings. The summed E-state index contributed by atoms with van der Waals surface area (Å²) in [6.07, 6.45) is -18.6. The van der Waals surface area contributed by atoms with Gasteiger partial charge in [0.2, 0.25) is 0 Å². The fraction of sp³-hybridized carbons (Fsp3) is 0.100. The predicted molar refractivity (Wildman–Crippen MR) is 355 cm³/mol. The summed E-state index contributed by atoms with van der Waals surface area (Å²) >= 11 is 0. The van der Waals surface area contributed by atoms with E-state index in [0.717, 1.165) is 53.6 Å².